The van der Waals surface area contributed by atoms with E-state index in [0.29, 0.717) is 11.6 Å². The summed E-state index contributed by atoms with van der Waals surface area (Å²) in [7, 11) is 2.79. The maximum absolute atomic E-state index is 13.6. The lowest BCUT2D eigenvalue weighted by Gasteiger charge is -2.30. The minimum atomic E-state index is -4.67. The zero-order chi connectivity index (χ0) is 27.1. The van der Waals surface area contributed by atoms with Crippen LogP contribution in [-0.4, -0.2) is 59.5 Å². The van der Waals surface area contributed by atoms with Gasteiger partial charge in [0.05, 0.1) is 35.8 Å². The first kappa shape index (κ1) is 27.0. The molecule has 0 atom stereocenters. The summed E-state index contributed by atoms with van der Waals surface area (Å²) in [5.41, 5.74) is 0.909. The lowest BCUT2D eigenvalue weighted by Crippen LogP contribution is -2.36. The van der Waals surface area contributed by atoms with E-state index in [1.165, 1.54) is 37.6 Å². The van der Waals surface area contributed by atoms with Crippen LogP contribution in [0.4, 0.5) is 24.8 Å². The van der Waals surface area contributed by atoms with E-state index in [2.05, 4.69) is 25.0 Å². The van der Waals surface area contributed by atoms with Gasteiger partial charge in [0.1, 0.15) is 0 Å². The predicted octanol–water partition coefficient (Wildman–Crippen LogP) is 4.58. The fraction of sp³-hybridized carbons (Fsp3) is 0.269. The number of carbonyl (C=O) groups is 2. The van der Waals surface area contributed by atoms with Gasteiger partial charge in [-0.2, -0.15) is 13.2 Å². The molecular weight excluding hydrogens is 498 g/mol. The second kappa shape index (κ2) is 12.0. The number of nitrogens with one attached hydrogen (secondary N) is 1. The number of carbonyl (C=O) groups excluding carboxylic acids is 2. The van der Waals surface area contributed by atoms with Crippen LogP contribution in [0.2, 0.25) is 0 Å². The molecule has 38 heavy (non-hydrogen) atoms. The van der Waals surface area contributed by atoms with Gasteiger partial charge in [-0.05, 0) is 73.8 Å². The quantitative estimate of drug-likeness (QED) is 0.261. The largest absolute Gasteiger partial charge is 0.465 e. The van der Waals surface area contributed by atoms with Crippen molar-refractivity contribution in [2.24, 2.45) is 0 Å². The van der Waals surface area contributed by atoms with Gasteiger partial charge in [-0.3, -0.25) is 4.98 Å². The monoisotopic (exact) mass is 522 g/mol. The molecule has 0 saturated carbocycles. The normalized spacial score (nSPS) is 14.8. The molecule has 0 spiro atoms. The molecule has 4 rings (SSSR count). The van der Waals surface area contributed by atoms with Gasteiger partial charge in [-0.1, -0.05) is 12.1 Å². The van der Waals surface area contributed by atoms with E-state index < -0.39 is 17.7 Å². The van der Waals surface area contributed by atoms with E-state index in [4.69, 9.17) is 0 Å². The highest BCUT2D eigenvalue weighted by Crippen LogP contribution is 2.33. The Balaban J connectivity index is 1.50. The molecule has 3 heterocycles. The van der Waals surface area contributed by atoms with Gasteiger partial charge in [0, 0.05) is 18.1 Å². The molecule has 0 unspecified atom stereocenters. The van der Waals surface area contributed by atoms with Gasteiger partial charge in [0.15, 0.2) is 0 Å². The Morgan fingerprint density at radius 1 is 1.13 bits per heavy atom. The van der Waals surface area contributed by atoms with E-state index in [9.17, 15) is 22.8 Å². The third-order valence-corrected chi connectivity index (χ3v) is 6.18. The first-order valence-corrected chi connectivity index (χ1v) is 11.8. The topological polar surface area (TPSA) is 97.3 Å². The molecule has 1 radical (unpaired) electrons. The van der Waals surface area contributed by atoms with Gasteiger partial charge in [0.25, 0.3) is 7.41 Å². The van der Waals surface area contributed by atoms with E-state index in [-0.39, 0.29) is 22.9 Å². The molecule has 3 aromatic rings. The molecule has 1 fully saturated rings. The van der Waals surface area contributed by atoms with Gasteiger partial charge < -0.3 is 19.7 Å². The van der Waals surface area contributed by atoms with Crippen molar-refractivity contribution in [1.29, 1.82) is 0 Å². The number of ether oxygens (including phenoxy) is 1. The van der Waals surface area contributed by atoms with Gasteiger partial charge in [-0.25, -0.2) is 14.8 Å². The van der Waals surface area contributed by atoms with Crippen LogP contribution in [0.25, 0.3) is 12.2 Å². The third kappa shape index (κ3) is 6.83. The number of benzene rings is 1. The van der Waals surface area contributed by atoms with Crippen molar-refractivity contribution in [1.82, 2.24) is 19.8 Å². The number of halogens is 3. The second-order valence-electron chi connectivity index (χ2n) is 8.63. The summed E-state index contributed by atoms with van der Waals surface area (Å²) in [5.74, 6) is -0.218. The molecule has 1 aliphatic rings. The Bertz CT molecular complexity index is 1310. The lowest BCUT2D eigenvalue weighted by molar-refractivity contribution is -0.138. The Kier molecular flexibility index (Phi) is 8.52. The molecule has 195 valence electrons. The number of pyridine rings is 1. The number of nitrogens with zero attached hydrogens (tertiary/aromatic N) is 4. The van der Waals surface area contributed by atoms with Gasteiger partial charge in [0.2, 0.25) is 5.95 Å². The number of alkyl halides is 3. The number of piperidine rings is 1. The van der Waals surface area contributed by atoms with Crippen molar-refractivity contribution in [2.45, 2.75) is 24.9 Å². The van der Waals surface area contributed by atoms with Crippen molar-refractivity contribution in [2.75, 3.05) is 25.5 Å². The predicted molar refractivity (Wildman–Crippen MR) is 137 cm³/mol. The van der Waals surface area contributed by atoms with Crippen molar-refractivity contribution >= 4 is 43.4 Å². The lowest BCUT2D eigenvalue weighted by atomic mass is 9.84. The average Bonchev–Trinajstić information content (AvgIpc) is 2.92. The van der Waals surface area contributed by atoms with Crippen LogP contribution in [0.1, 0.15) is 51.6 Å². The smallest absolute Gasteiger partial charge is 0.419 e. The maximum atomic E-state index is 13.6. The molecule has 2 aromatic heterocycles. The molecule has 1 aliphatic heterocycles. The minimum Gasteiger partial charge on any atom is -0.465 e. The molecular formula is C26H24BF3N5O3. The Hall–Kier alpha value is -4.06. The number of rotatable bonds is 8. The number of aromatic nitrogens is 3. The molecule has 0 aliphatic carbocycles. The van der Waals surface area contributed by atoms with Crippen LogP contribution >= 0.6 is 0 Å². The first-order chi connectivity index (χ1) is 18.3. The van der Waals surface area contributed by atoms with E-state index >= 15 is 0 Å². The minimum absolute atomic E-state index is 0.000575. The summed E-state index contributed by atoms with van der Waals surface area (Å²) in [6.07, 6.45) is 2.58. The number of esters is 1. The van der Waals surface area contributed by atoms with Crippen LogP contribution in [0.15, 0.2) is 48.8 Å². The summed E-state index contributed by atoms with van der Waals surface area (Å²) in [4.78, 5) is 36.4. The summed E-state index contributed by atoms with van der Waals surface area (Å²) in [5, 5.41) is 2.95. The number of hydrogen-bond donors (Lipinski definition) is 1. The van der Waals surface area contributed by atoms with Gasteiger partial charge in [-0.15, -0.1) is 0 Å². The molecule has 12 heteroatoms. The molecule has 1 saturated heterocycles. The van der Waals surface area contributed by atoms with Crippen LogP contribution < -0.4 is 5.32 Å². The molecule has 1 aromatic carbocycles. The zero-order valence-corrected chi connectivity index (χ0v) is 20.5. The van der Waals surface area contributed by atoms with Crippen LogP contribution in [0.5, 0.6) is 0 Å². The summed E-state index contributed by atoms with van der Waals surface area (Å²) in [6, 6.07) is 10.4. The van der Waals surface area contributed by atoms with E-state index in [0.717, 1.165) is 43.9 Å². The van der Waals surface area contributed by atoms with Gasteiger partial charge >= 0.3 is 12.1 Å². The highest BCUT2D eigenvalue weighted by Gasteiger charge is 2.34. The Labute approximate surface area is 218 Å². The Morgan fingerprint density at radius 2 is 1.87 bits per heavy atom. The van der Waals surface area contributed by atoms with Crippen molar-refractivity contribution in [3.63, 3.8) is 0 Å². The fourth-order valence-corrected chi connectivity index (χ4v) is 4.18. The molecule has 0 bridgehead atoms. The highest BCUT2D eigenvalue weighted by molar-refractivity contribution is 6.64. The van der Waals surface area contributed by atoms with Crippen molar-refractivity contribution in [3.05, 3.63) is 76.9 Å². The fourth-order valence-electron chi connectivity index (χ4n) is 4.18. The molecule has 0 amide bonds. The zero-order valence-electron chi connectivity index (χ0n) is 20.5. The average molecular weight is 522 g/mol. The van der Waals surface area contributed by atoms with Crippen molar-refractivity contribution < 1.29 is 27.5 Å². The van der Waals surface area contributed by atoms with Crippen LogP contribution in [0, 0.1) is 0 Å². The standard InChI is InChI=1S/C26H24BF3N5O3/c1-38-24(37)19-8-11-31-21(14-19)6-7-23-22(26(28,29)30)15-32-25(34-23)33-20-4-2-17(3-5-20)18-9-12-35(13-10-18)27-16-36/h2-8,11,14-16,18H,9-10,12-13H2,1H3,(H,32,33,34). The number of methoxy groups -OCH3 is 1. The van der Waals surface area contributed by atoms with E-state index in [1.807, 2.05) is 29.1 Å². The number of anilines is 2. The molecule has 1 N–H and O–H groups in total. The summed E-state index contributed by atoms with van der Waals surface area (Å²) < 4.78 is 45.5. The second-order valence-corrected chi connectivity index (χ2v) is 8.63. The molecule has 8 nitrogen and oxygen atoms in total. The first-order valence-electron chi connectivity index (χ1n) is 11.8. The van der Waals surface area contributed by atoms with Crippen LogP contribution in [-0.2, 0) is 15.7 Å². The third-order valence-electron chi connectivity index (χ3n) is 6.18. The van der Waals surface area contributed by atoms with Crippen LogP contribution in [0.3, 0.4) is 0 Å². The maximum Gasteiger partial charge on any atom is 0.419 e. The SMILES string of the molecule is COC(=O)c1ccnc(C=Cc2nc(Nc3ccc(C4CCN([B]C=O)CC4)cc3)ncc2C(F)(F)F)c1. The highest BCUT2D eigenvalue weighted by atomic mass is 19.4. The van der Waals surface area contributed by atoms with Crippen molar-refractivity contribution in [3.8, 4) is 0 Å². The number of hydrogen-bond acceptors (Lipinski definition) is 8. The summed E-state index contributed by atoms with van der Waals surface area (Å²) >= 11 is 0. The Morgan fingerprint density at radius 3 is 2.53 bits per heavy atom. The summed E-state index contributed by atoms with van der Waals surface area (Å²) in [6.45, 7) is 1.61. The van der Waals surface area contributed by atoms with E-state index in [1.54, 1.807) is 7.41 Å².